The highest BCUT2D eigenvalue weighted by Crippen LogP contribution is 2.31. The highest BCUT2D eigenvalue weighted by molar-refractivity contribution is 7.90. The van der Waals surface area contributed by atoms with Crippen molar-refractivity contribution in [1.29, 1.82) is 5.26 Å². The van der Waals surface area contributed by atoms with E-state index in [1.165, 1.54) is 23.0 Å². The first kappa shape index (κ1) is 23.3. The minimum Gasteiger partial charge on any atom is -0.343 e. The van der Waals surface area contributed by atoms with Crippen LogP contribution < -0.4 is 5.32 Å². The second-order valence-corrected chi connectivity index (χ2v) is 9.67. The molecular formula is C20H21F2N5O4S. The Labute approximate surface area is 183 Å². The lowest BCUT2D eigenvalue weighted by Crippen LogP contribution is -2.43. The van der Waals surface area contributed by atoms with Gasteiger partial charge in [-0.1, -0.05) is 12.1 Å². The zero-order chi connectivity index (χ0) is 23.7. The second-order valence-electron chi connectivity index (χ2n) is 7.65. The molecule has 2 heterocycles. The van der Waals surface area contributed by atoms with Gasteiger partial charge in [0.25, 0.3) is 11.8 Å². The van der Waals surface area contributed by atoms with E-state index in [0.29, 0.717) is 5.69 Å². The topological polar surface area (TPSA) is 125 Å². The molecule has 170 valence electrons. The SMILES string of the molecule is Cc1nn(Cc2ccc(S(C)(=O)=O)cc2)cc1C(=O)NCC(=O)N1CC(F)(F)C[C@H]1C#N. The number of halogens is 2. The number of rotatable bonds is 6. The van der Waals surface area contributed by atoms with Gasteiger partial charge in [-0.2, -0.15) is 10.4 Å². The molecule has 0 aliphatic carbocycles. The minimum atomic E-state index is -3.30. The molecule has 3 rings (SSSR count). The molecule has 32 heavy (non-hydrogen) atoms. The van der Waals surface area contributed by atoms with Crippen LogP contribution in [0.4, 0.5) is 8.78 Å². The van der Waals surface area contributed by atoms with Crippen LogP contribution in [0.15, 0.2) is 35.4 Å². The first-order chi connectivity index (χ1) is 14.9. The van der Waals surface area contributed by atoms with Gasteiger partial charge in [0.2, 0.25) is 5.91 Å². The fourth-order valence-electron chi connectivity index (χ4n) is 3.40. The van der Waals surface area contributed by atoms with Gasteiger partial charge in [-0.05, 0) is 24.6 Å². The Balaban J connectivity index is 1.62. The molecule has 1 aromatic carbocycles. The summed E-state index contributed by atoms with van der Waals surface area (Å²) in [5.74, 6) is -4.50. The molecule has 0 unspecified atom stereocenters. The van der Waals surface area contributed by atoms with Crippen LogP contribution in [0.25, 0.3) is 0 Å². The van der Waals surface area contributed by atoms with E-state index >= 15 is 0 Å². The Morgan fingerprint density at radius 3 is 2.56 bits per heavy atom. The number of carbonyl (C=O) groups is 2. The van der Waals surface area contributed by atoms with Crippen LogP contribution in [0.2, 0.25) is 0 Å². The number of aromatic nitrogens is 2. The van der Waals surface area contributed by atoms with E-state index in [0.717, 1.165) is 16.7 Å². The second kappa shape index (κ2) is 8.66. The van der Waals surface area contributed by atoms with Crippen LogP contribution in [-0.2, 0) is 21.2 Å². The van der Waals surface area contributed by atoms with Gasteiger partial charge in [0, 0.05) is 18.9 Å². The number of nitrogens with zero attached hydrogens (tertiary/aromatic N) is 4. The maximum Gasteiger partial charge on any atom is 0.268 e. The van der Waals surface area contributed by atoms with Gasteiger partial charge in [0.15, 0.2) is 9.84 Å². The summed E-state index contributed by atoms with van der Waals surface area (Å²) in [6, 6.07) is 6.70. The number of nitriles is 1. The number of hydrogen-bond acceptors (Lipinski definition) is 6. The first-order valence-electron chi connectivity index (χ1n) is 9.58. The minimum absolute atomic E-state index is 0.192. The van der Waals surface area contributed by atoms with E-state index in [-0.39, 0.29) is 17.0 Å². The quantitative estimate of drug-likeness (QED) is 0.682. The van der Waals surface area contributed by atoms with Crippen molar-refractivity contribution in [3.8, 4) is 6.07 Å². The van der Waals surface area contributed by atoms with Crippen molar-refractivity contribution in [3.63, 3.8) is 0 Å². The molecule has 0 spiro atoms. The molecule has 0 bridgehead atoms. The summed E-state index contributed by atoms with van der Waals surface area (Å²) < 4.78 is 51.6. The summed E-state index contributed by atoms with van der Waals surface area (Å²) in [4.78, 5) is 25.7. The number of aryl methyl sites for hydroxylation is 1. The van der Waals surface area contributed by atoms with Crippen LogP contribution >= 0.6 is 0 Å². The Kier molecular flexibility index (Phi) is 6.32. The summed E-state index contributed by atoms with van der Waals surface area (Å²) in [5, 5.41) is 15.6. The molecular weight excluding hydrogens is 444 g/mol. The van der Waals surface area contributed by atoms with E-state index in [1.54, 1.807) is 25.1 Å². The fraction of sp³-hybridized carbons (Fsp3) is 0.400. The van der Waals surface area contributed by atoms with Crippen LogP contribution in [-0.4, -0.2) is 66.2 Å². The number of nitrogens with one attached hydrogen (secondary N) is 1. The van der Waals surface area contributed by atoms with Crippen molar-refractivity contribution >= 4 is 21.7 Å². The van der Waals surface area contributed by atoms with Crippen LogP contribution in [0.1, 0.15) is 28.0 Å². The molecule has 1 fully saturated rings. The van der Waals surface area contributed by atoms with Crippen molar-refractivity contribution in [2.24, 2.45) is 0 Å². The normalized spacial score (nSPS) is 17.7. The molecule has 9 nitrogen and oxygen atoms in total. The Morgan fingerprint density at radius 1 is 1.31 bits per heavy atom. The number of benzene rings is 1. The predicted molar refractivity (Wildman–Crippen MR) is 109 cm³/mol. The van der Waals surface area contributed by atoms with Gasteiger partial charge in [-0.15, -0.1) is 0 Å². The smallest absolute Gasteiger partial charge is 0.268 e. The molecule has 2 aromatic rings. The van der Waals surface area contributed by atoms with Gasteiger partial charge < -0.3 is 10.2 Å². The van der Waals surface area contributed by atoms with Crippen LogP contribution in [0.3, 0.4) is 0 Å². The summed E-state index contributed by atoms with van der Waals surface area (Å²) in [7, 11) is -3.30. The molecule has 0 saturated carbocycles. The molecule has 1 N–H and O–H groups in total. The van der Waals surface area contributed by atoms with Crippen LogP contribution in [0, 0.1) is 18.3 Å². The molecule has 12 heteroatoms. The average molecular weight is 465 g/mol. The summed E-state index contributed by atoms with van der Waals surface area (Å²) in [5.41, 5.74) is 1.36. The number of hydrogen-bond donors (Lipinski definition) is 1. The van der Waals surface area contributed by atoms with Gasteiger partial charge in [-0.25, -0.2) is 17.2 Å². The Bertz CT molecular complexity index is 1190. The Hall–Kier alpha value is -3.33. The first-order valence-corrected chi connectivity index (χ1v) is 11.5. The van der Waals surface area contributed by atoms with E-state index in [1.807, 2.05) is 0 Å². The highest BCUT2D eigenvalue weighted by atomic mass is 32.2. The van der Waals surface area contributed by atoms with Gasteiger partial charge in [0.1, 0.15) is 6.04 Å². The largest absolute Gasteiger partial charge is 0.343 e. The molecule has 1 aliphatic heterocycles. The number of alkyl halides is 2. The number of likely N-dealkylation sites (tertiary alicyclic amines) is 1. The third kappa shape index (κ3) is 5.28. The van der Waals surface area contributed by atoms with E-state index in [4.69, 9.17) is 5.26 Å². The lowest BCUT2D eigenvalue weighted by atomic mass is 10.2. The number of carbonyl (C=O) groups excluding carboxylic acids is 2. The highest BCUT2D eigenvalue weighted by Gasteiger charge is 2.47. The van der Waals surface area contributed by atoms with Gasteiger partial charge >= 0.3 is 0 Å². The van der Waals surface area contributed by atoms with Crippen molar-refractivity contribution < 1.29 is 26.8 Å². The van der Waals surface area contributed by atoms with Crippen molar-refractivity contribution in [1.82, 2.24) is 20.0 Å². The van der Waals surface area contributed by atoms with E-state index in [2.05, 4.69) is 10.4 Å². The molecule has 1 saturated heterocycles. The lowest BCUT2D eigenvalue weighted by Gasteiger charge is -2.19. The number of amides is 2. The summed E-state index contributed by atoms with van der Waals surface area (Å²) >= 11 is 0. The van der Waals surface area contributed by atoms with Gasteiger partial charge in [0.05, 0.1) is 41.9 Å². The van der Waals surface area contributed by atoms with Crippen molar-refractivity contribution in [2.45, 2.75) is 36.7 Å². The Morgan fingerprint density at radius 2 is 1.97 bits per heavy atom. The lowest BCUT2D eigenvalue weighted by molar-refractivity contribution is -0.131. The number of sulfone groups is 1. The zero-order valence-electron chi connectivity index (χ0n) is 17.4. The summed E-state index contributed by atoms with van der Waals surface area (Å²) in [6.07, 6.45) is 1.87. The van der Waals surface area contributed by atoms with E-state index < -0.39 is 53.1 Å². The van der Waals surface area contributed by atoms with E-state index in [9.17, 15) is 26.8 Å². The monoisotopic (exact) mass is 465 g/mol. The molecule has 1 atom stereocenters. The molecule has 1 aromatic heterocycles. The summed E-state index contributed by atoms with van der Waals surface area (Å²) in [6.45, 7) is 0.510. The maximum absolute atomic E-state index is 13.5. The molecule has 2 amide bonds. The third-order valence-corrected chi connectivity index (χ3v) is 6.15. The van der Waals surface area contributed by atoms with Crippen LogP contribution in [0.5, 0.6) is 0 Å². The van der Waals surface area contributed by atoms with Crippen molar-refractivity contribution in [3.05, 3.63) is 47.3 Å². The zero-order valence-corrected chi connectivity index (χ0v) is 18.2. The van der Waals surface area contributed by atoms with Crippen molar-refractivity contribution in [2.75, 3.05) is 19.3 Å². The standard InChI is InChI=1S/C20H21F2N5O4S/c1-13-17(11-26(25-13)10-14-3-5-16(6-4-14)32(2,30)31)19(29)24-9-18(28)27-12-20(21,22)7-15(27)8-23/h3-6,11,15H,7,9-10,12H2,1-2H3,(H,24,29)/t15-/m0/s1. The molecule has 0 radical (unpaired) electrons. The fourth-order valence-corrected chi connectivity index (χ4v) is 4.03. The predicted octanol–water partition coefficient (Wildman–Crippen LogP) is 1.13. The maximum atomic E-state index is 13.5. The average Bonchev–Trinajstić information content (AvgIpc) is 3.24. The third-order valence-electron chi connectivity index (χ3n) is 5.03. The molecule has 1 aliphatic rings. The van der Waals surface area contributed by atoms with Gasteiger partial charge in [-0.3, -0.25) is 14.3 Å².